The summed E-state index contributed by atoms with van der Waals surface area (Å²) in [7, 11) is 3.59. The van der Waals surface area contributed by atoms with E-state index in [1.807, 2.05) is 24.3 Å². The van der Waals surface area contributed by atoms with Gasteiger partial charge in [-0.05, 0) is 43.4 Å². The molecule has 4 rings (SSSR count). The molecule has 174 valence electrons. The summed E-state index contributed by atoms with van der Waals surface area (Å²) in [6.45, 7) is 0.494. The molecule has 0 unspecified atom stereocenters. The number of fused-ring (bicyclic) bond motifs is 1. The molecule has 0 aliphatic heterocycles. The van der Waals surface area contributed by atoms with Crippen molar-refractivity contribution in [2.75, 3.05) is 24.3 Å². The molecule has 1 amide bonds. The molecule has 1 aromatic heterocycles. The van der Waals surface area contributed by atoms with Crippen LogP contribution in [0.5, 0.6) is 0 Å². The molecule has 0 bridgehead atoms. The monoisotopic (exact) mass is 517 g/mol. The number of halogens is 3. The third-order valence-corrected chi connectivity index (χ3v) is 6.76. The molecule has 33 heavy (non-hydrogen) atoms. The Kier molecular flexibility index (Phi) is 7.07. The first-order valence-electron chi connectivity index (χ1n) is 10.9. The van der Waals surface area contributed by atoms with E-state index in [0.29, 0.717) is 29.2 Å². The molecule has 1 aliphatic carbocycles. The lowest BCUT2D eigenvalue weighted by atomic mass is 9.85. The van der Waals surface area contributed by atoms with Crippen LogP contribution in [0.4, 0.5) is 20.5 Å². The highest BCUT2D eigenvalue weighted by atomic mass is 79.9. The van der Waals surface area contributed by atoms with Crippen molar-refractivity contribution in [3.63, 3.8) is 0 Å². The zero-order chi connectivity index (χ0) is 23.5. The Labute approximate surface area is 199 Å². The molecule has 0 saturated heterocycles. The van der Waals surface area contributed by atoms with Crippen LogP contribution in [0.3, 0.4) is 0 Å². The van der Waals surface area contributed by atoms with Gasteiger partial charge in [-0.2, -0.15) is 4.98 Å². The van der Waals surface area contributed by atoms with E-state index in [2.05, 4.69) is 36.5 Å². The highest BCUT2D eigenvalue weighted by molar-refractivity contribution is 9.10. The molecule has 3 aromatic rings. The third kappa shape index (κ3) is 5.40. The number of amides is 1. The van der Waals surface area contributed by atoms with E-state index in [4.69, 9.17) is 0 Å². The summed E-state index contributed by atoms with van der Waals surface area (Å²) in [5, 5.41) is 6.82. The van der Waals surface area contributed by atoms with Gasteiger partial charge in [0.25, 0.3) is 0 Å². The van der Waals surface area contributed by atoms with Crippen molar-refractivity contribution >= 4 is 44.5 Å². The van der Waals surface area contributed by atoms with Gasteiger partial charge in [0.15, 0.2) is 11.6 Å². The molecule has 1 fully saturated rings. The first kappa shape index (κ1) is 23.4. The van der Waals surface area contributed by atoms with Gasteiger partial charge in [-0.1, -0.05) is 34.1 Å². The molecular formula is C24H26BrF2N5O. The van der Waals surface area contributed by atoms with E-state index in [1.54, 1.807) is 19.0 Å². The number of carbonyl (C=O) groups excluding carboxylic acids is 1. The number of carbonyl (C=O) groups is 1. The fourth-order valence-corrected chi connectivity index (χ4v) is 4.59. The number of benzene rings is 2. The maximum absolute atomic E-state index is 13.8. The fraction of sp³-hybridized carbons (Fsp3) is 0.375. The molecule has 0 atom stereocenters. The van der Waals surface area contributed by atoms with Crippen molar-refractivity contribution in [1.82, 2.24) is 15.3 Å². The average molecular weight is 518 g/mol. The lowest BCUT2D eigenvalue weighted by Gasteiger charge is -2.29. The van der Waals surface area contributed by atoms with Crippen LogP contribution >= 0.6 is 15.9 Å². The van der Waals surface area contributed by atoms with E-state index in [0.717, 1.165) is 47.9 Å². The normalized spacial score (nSPS) is 18.2. The summed E-state index contributed by atoms with van der Waals surface area (Å²) in [4.78, 5) is 23.3. The fourth-order valence-electron chi connectivity index (χ4n) is 4.16. The van der Waals surface area contributed by atoms with Gasteiger partial charge in [0.05, 0.1) is 5.52 Å². The Morgan fingerprint density at radius 3 is 2.48 bits per heavy atom. The predicted octanol–water partition coefficient (Wildman–Crippen LogP) is 5.02. The summed E-state index contributed by atoms with van der Waals surface area (Å²) >= 11 is 3.50. The van der Waals surface area contributed by atoms with Crippen molar-refractivity contribution < 1.29 is 13.6 Å². The van der Waals surface area contributed by atoms with Gasteiger partial charge in [-0.3, -0.25) is 4.79 Å². The smallest absolute Gasteiger partial charge is 0.225 e. The Bertz CT molecular complexity index is 1170. The molecular weight excluding hydrogens is 492 g/mol. The minimum absolute atomic E-state index is 0.0301. The van der Waals surface area contributed by atoms with Crippen LogP contribution in [0.15, 0.2) is 40.9 Å². The number of hydrogen-bond acceptors (Lipinski definition) is 5. The van der Waals surface area contributed by atoms with E-state index in [9.17, 15) is 13.6 Å². The van der Waals surface area contributed by atoms with Gasteiger partial charge < -0.3 is 15.5 Å². The first-order valence-corrected chi connectivity index (χ1v) is 11.7. The van der Waals surface area contributed by atoms with E-state index < -0.39 is 11.6 Å². The van der Waals surface area contributed by atoms with Crippen LogP contribution in [-0.2, 0) is 11.3 Å². The lowest BCUT2D eigenvalue weighted by molar-refractivity contribution is -0.126. The van der Waals surface area contributed by atoms with E-state index in [1.165, 1.54) is 0 Å². The van der Waals surface area contributed by atoms with Crippen molar-refractivity contribution in [1.29, 1.82) is 0 Å². The van der Waals surface area contributed by atoms with Gasteiger partial charge in [0.1, 0.15) is 5.82 Å². The zero-order valence-electron chi connectivity index (χ0n) is 18.5. The minimum Gasteiger partial charge on any atom is -0.362 e. The number of aromatic nitrogens is 2. The molecule has 0 radical (unpaired) electrons. The molecule has 2 N–H and O–H groups in total. The van der Waals surface area contributed by atoms with Crippen molar-refractivity contribution in [3.05, 3.63) is 58.1 Å². The average Bonchev–Trinajstić information content (AvgIpc) is 2.79. The maximum atomic E-state index is 13.8. The van der Waals surface area contributed by atoms with Crippen molar-refractivity contribution in [3.8, 4) is 0 Å². The Balaban J connectivity index is 1.38. The number of hydrogen-bond donors (Lipinski definition) is 2. The predicted molar refractivity (Wildman–Crippen MR) is 129 cm³/mol. The number of nitrogens with zero attached hydrogens (tertiary/aromatic N) is 3. The summed E-state index contributed by atoms with van der Waals surface area (Å²) in [6.07, 6.45) is 3.11. The molecule has 1 saturated carbocycles. The summed E-state index contributed by atoms with van der Waals surface area (Å²) in [5.41, 5.74) is 1.39. The molecule has 6 nitrogen and oxygen atoms in total. The van der Waals surface area contributed by atoms with E-state index in [-0.39, 0.29) is 17.9 Å². The Hall–Kier alpha value is -2.81. The number of rotatable bonds is 6. The second-order valence-corrected chi connectivity index (χ2v) is 9.41. The van der Waals surface area contributed by atoms with Crippen LogP contribution in [0, 0.1) is 17.6 Å². The van der Waals surface area contributed by atoms with Crippen LogP contribution in [-0.4, -0.2) is 36.0 Å². The molecule has 9 heteroatoms. The van der Waals surface area contributed by atoms with Crippen LogP contribution in [0.2, 0.25) is 0 Å². The quantitative estimate of drug-likeness (QED) is 0.480. The van der Waals surface area contributed by atoms with Crippen LogP contribution in [0.25, 0.3) is 10.9 Å². The first-order chi connectivity index (χ1) is 15.8. The molecule has 0 spiro atoms. The number of nitrogens with one attached hydrogen (secondary N) is 2. The van der Waals surface area contributed by atoms with E-state index >= 15 is 0 Å². The van der Waals surface area contributed by atoms with Crippen LogP contribution < -0.4 is 15.5 Å². The Morgan fingerprint density at radius 2 is 1.79 bits per heavy atom. The zero-order valence-corrected chi connectivity index (χ0v) is 20.1. The van der Waals surface area contributed by atoms with Gasteiger partial charge in [-0.15, -0.1) is 0 Å². The largest absolute Gasteiger partial charge is 0.362 e. The summed E-state index contributed by atoms with van der Waals surface area (Å²) in [6, 6.07) is 10.2. The SMILES string of the molecule is CN(C)c1nc(NC2CCC(C(=O)NCc3ccccc3Br)CC2)nc2cc(F)c(F)cc12. The van der Waals surface area contributed by atoms with Gasteiger partial charge in [-0.25, -0.2) is 13.8 Å². The second kappa shape index (κ2) is 9.99. The third-order valence-electron chi connectivity index (χ3n) is 5.98. The lowest BCUT2D eigenvalue weighted by Crippen LogP contribution is -2.36. The van der Waals surface area contributed by atoms with Crippen molar-refractivity contribution in [2.24, 2.45) is 5.92 Å². The molecule has 1 heterocycles. The van der Waals surface area contributed by atoms with Gasteiger partial charge in [0.2, 0.25) is 11.9 Å². The highest BCUT2D eigenvalue weighted by Crippen LogP contribution is 2.29. The number of anilines is 2. The van der Waals surface area contributed by atoms with Crippen molar-refractivity contribution in [2.45, 2.75) is 38.3 Å². The van der Waals surface area contributed by atoms with Gasteiger partial charge >= 0.3 is 0 Å². The molecule has 2 aromatic carbocycles. The summed E-state index contributed by atoms with van der Waals surface area (Å²) in [5.74, 6) is -0.936. The maximum Gasteiger partial charge on any atom is 0.225 e. The topological polar surface area (TPSA) is 70.2 Å². The molecule has 1 aliphatic rings. The minimum atomic E-state index is -0.939. The van der Waals surface area contributed by atoms with Gasteiger partial charge in [0, 0.05) is 48.5 Å². The Morgan fingerprint density at radius 1 is 1.09 bits per heavy atom. The van der Waals surface area contributed by atoms with Crippen LogP contribution in [0.1, 0.15) is 31.2 Å². The highest BCUT2D eigenvalue weighted by Gasteiger charge is 2.27. The summed E-state index contributed by atoms with van der Waals surface area (Å²) < 4.78 is 28.5. The second-order valence-electron chi connectivity index (χ2n) is 8.55. The standard InChI is InChI=1S/C24H26BrF2N5O/c1-32(2)22-17-11-19(26)20(27)12-21(17)30-24(31-22)29-16-9-7-14(8-10-16)23(33)28-13-15-5-3-4-6-18(15)25/h3-6,11-12,14,16H,7-10,13H2,1-2H3,(H,28,33)(H,29,30,31).